The van der Waals surface area contributed by atoms with Gasteiger partial charge in [-0.2, -0.15) is 0 Å². The molecule has 0 radical (unpaired) electrons. The van der Waals surface area contributed by atoms with E-state index >= 15 is 0 Å². The first-order chi connectivity index (χ1) is 15.2. The van der Waals surface area contributed by atoms with E-state index in [2.05, 4.69) is 18.7 Å². The summed E-state index contributed by atoms with van der Waals surface area (Å²) in [6, 6.07) is 0.567. The second-order valence-electron chi connectivity index (χ2n) is 12.3. The second kappa shape index (κ2) is 8.29. The molecule has 0 spiro atoms. The molecule has 5 heteroatoms. The highest BCUT2D eigenvalue weighted by atomic mass is 16.5. The first-order valence-electron chi connectivity index (χ1n) is 13.3. The third-order valence-electron chi connectivity index (χ3n) is 10.8. The van der Waals surface area contributed by atoms with Crippen LogP contribution in [0.5, 0.6) is 0 Å². The lowest BCUT2D eigenvalue weighted by Crippen LogP contribution is -2.57. The van der Waals surface area contributed by atoms with E-state index in [1.54, 1.807) is 13.8 Å². The monoisotopic (exact) mass is 445 g/mol. The number of nitrogens with zero attached hydrogens (tertiary/aromatic N) is 1. The van der Waals surface area contributed by atoms with Gasteiger partial charge in [-0.25, -0.2) is 0 Å². The number of esters is 2. The lowest BCUT2D eigenvalue weighted by molar-refractivity contribution is -0.169. The predicted octanol–water partition coefficient (Wildman–Crippen LogP) is 4.97. The van der Waals surface area contributed by atoms with Crippen LogP contribution in [0.15, 0.2) is 0 Å². The van der Waals surface area contributed by atoms with Crippen LogP contribution < -0.4 is 0 Å². The van der Waals surface area contributed by atoms with E-state index < -0.39 is 0 Å². The van der Waals surface area contributed by atoms with Crippen molar-refractivity contribution < 1.29 is 19.1 Å². The van der Waals surface area contributed by atoms with Gasteiger partial charge in [0.25, 0.3) is 0 Å². The number of fused-ring (bicyclic) bond motifs is 5. The molecule has 0 amide bonds. The number of hydrogen-bond donors (Lipinski definition) is 0. The van der Waals surface area contributed by atoms with Crippen molar-refractivity contribution in [3.8, 4) is 0 Å². The molecule has 4 saturated carbocycles. The fraction of sp³-hybridized carbons (Fsp3) is 0.926. The Kier molecular flexibility index (Phi) is 5.87. The van der Waals surface area contributed by atoms with Gasteiger partial charge in [-0.15, -0.1) is 0 Å². The van der Waals surface area contributed by atoms with E-state index in [0.29, 0.717) is 23.3 Å². The molecular formula is C27H43NO4. The lowest BCUT2D eigenvalue weighted by Gasteiger charge is -2.61. The number of likely N-dealkylation sites (tertiary alicyclic amines) is 1. The van der Waals surface area contributed by atoms with Crippen molar-refractivity contribution in [1.29, 1.82) is 0 Å². The zero-order valence-corrected chi connectivity index (χ0v) is 20.6. The minimum absolute atomic E-state index is 0.0711. The first-order valence-corrected chi connectivity index (χ1v) is 13.3. The van der Waals surface area contributed by atoms with Crippen molar-refractivity contribution in [3.63, 3.8) is 0 Å². The molecule has 5 aliphatic rings. The normalized spacial score (nSPS) is 48.4. The topological polar surface area (TPSA) is 55.8 Å². The minimum Gasteiger partial charge on any atom is -0.463 e. The van der Waals surface area contributed by atoms with Crippen LogP contribution in [0.1, 0.15) is 91.9 Å². The van der Waals surface area contributed by atoms with E-state index in [-0.39, 0.29) is 29.6 Å². The largest absolute Gasteiger partial charge is 0.463 e. The summed E-state index contributed by atoms with van der Waals surface area (Å²) in [5.41, 5.74) is 0.466. The van der Waals surface area contributed by atoms with E-state index in [4.69, 9.17) is 9.47 Å². The average molecular weight is 446 g/mol. The van der Waals surface area contributed by atoms with Gasteiger partial charge in [0.1, 0.15) is 12.2 Å². The molecule has 1 aliphatic heterocycles. The molecule has 180 valence electrons. The van der Waals surface area contributed by atoms with Crippen LogP contribution in [0.2, 0.25) is 0 Å². The predicted molar refractivity (Wildman–Crippen MR) is 123 cm³/mol. The van der Waals surface area contributed by atoms with Crippen LogP contribution in [0.4, 0.5) is 0 Å². The molecule has 1 heterocycles. The summed E-state index contributed by atoms with van der Waals surface area (Å²) in [5.74, 6) is 2.54. The summed E-state index contributed by atoms with van der Waals surface area (Å²) in [5, 5.41) is 0. The van der Waals surface area contributed by atoms with Gasteiger partial charge < -0.3 is 9.47 Å². The Morgan fingerprint density at radius 3 is 2.22 bits per heavy atom. The van der Waals surface area contributed by atoms with Crippen molar-refractivity contribution in [2.75, 3.05) is 13.1 Å². The zero-order valence-electron chi connectivity index (χ0n) is 20.6. The van der Waals surface area contributed by atoms with Gasteiger partial charge in [0.15, 0.2) is 0 Å². The number of carbonyl (C=O) groups is 2. The molecule has 0 bridgehead atoms. The number of ether oxygens (including phenoxy) is 2. The fourth-order valence-electron chi connectivity index (χ4n) is 9.41. The summed E-state index contributed by atoms with van der Waals surface area (Å²) < 4.78 is 11.7. The molecule has 0 aromatic heterocycles. The Bertz CT molecular complexity index is 748. The van der Waals surface area contributed by atoms with Crippen LogP contribution in [-0.2, 0) is 19.1 Å². The number of rotatable bonds is 3. The van der Waals surface area contributed by atoms with Crippen molar-refractivity contribution in [2.24, 2.45) is 34.5 Å². The molecule has 5 nitrogen and oxygen atoms in total. The Hall–Kier alpha value is -1.10. The second-order valence-corrected chi connectivity index (χ2v) is 12.3. The maximum Gasteiger partial charge on any atom is 0.302 e. The van der Waals surface area contributed by atoms with Gasteiger partial charge in [0.05, 0.1) is 0 Å². The van der Waals surface area contributed by atoms with Crippen LogP contribution in [0.25, 0.3) is 0 Å². The van der Waals surface area contributed by atoms with Gasteiger partial charge in [0.2, 0.25) is 0 Å². The molecule has 9 atom stereocenters. The van der Waals surface area contributed by atoms with Crippen LogP contribution in [-0.4, -0.2) is 48.2 Å². The molecule has 5 rings (SSSR count). The van der Waals surface area contributed by atoms with Gasteiger partial charge in [-0.05, 0) is 100.0 Å². The third kappa shape index (κ3) is 3.61. The lowest BCUT2D eigenvalue weighted by atomic mass is 9.44. The highest BCUT2D eigenvalue weighted by Crippen LogP contribution is 2.67. The number of carbonyl (C=O) groups excluding carboxylic acids is 2. The third-order valence-corrected chi connectivity index (χ3v) is 10.8. The Balaban J connectivity index is 1.41. The molecular weight excluding hydrogens is 402 g/mol. The summed E-state index contributed by atoms with van der Waals surface area (Å²) >= 11 is 0. The van der Waals surface area contributed by atoms with Crippen molar-refractivity contribution in [3.05, 3.63) is 0 Å². The molecule has 0 N–H and O–H groups in total. The zero-order chi connectivity index (χ0) is 22.7. The fourth-order valence-corrected chi connectivity index (χ4v) is 9.41. The summed E-state index contributed by atoms with van der Waals surface area (Å²) in [4.78, 5) is 26.3. The van der Waals surface area contributed by atoms with Gasteiger partial charge in [-0.1, -0.05) is 13.8 Å². The average Bonchev–Trinajstić information content (AvgIpc) is 3.34. The van der Waals surface area contributed by atoms with Crippen molar-refractivity contribution >= 4 is 11.9 Å². The SMILES string of the molecule is CC(=O)OC1CC[C@@]2(C)[C@@H](CC[C@@H]3[C@@H]2CC[C@]2(C)C(OC(C)=O)CC(N4CCCC4)[C@@H]32)C1. The minimum atomic E-state index is -0.128. The Morgan fingerprint density at radius 2 is 1.53 bits per heavy atom. The standard InChI is InChI=1S/C27H43NO4/c1-17(29)31-20-9-11-26(3)19(15-20)7-8-21-22(26)10-12-27(4)24(32-18(2)30)16-23(25(21)27)28-13-5-6-14-28/h19-25H,5-16H2,1-4H3/t19-,20?,21+,22-,23?,24?,25+,26-,27+/m0/s1. The first kappa shape index (κ1) is 22.7. The van der Waals surface area contributed by atoms with E-state index in [1.165, 1.54) is 58.0 Å². The molecule has 4 aliphatic carbocycles. The Labute approximate surface area is 194 Å². The smallest absolute Gasteiger partial charge is 0.302 e. The molecule has 0 aromatic carbocycles. The van der Waals surface area contributed by atoms with Crippen LogP contribution >= 0.6 is 0 Å². The molecule has 1 saturated heterocycles. The molecule has 32 heavy (non-hydrogen) atoms. The summed E-state index contributed by atoms with van der Waals surface area (Å²) in [6.07, 6.45) is 12.1. The highest BCUT2D eigenvalue weighted by Gasteiger charge is 2.64. The molecule has 3 unspecified atom stereocenters. The summed E-state index contributed by atoms with van der Waals surface area (Å²) in [7, 11) is 0. The molecule has 5 fully saturated rings. The summed E-state index contributed by atoms with van der Waals surface area (Å²) in [6.45, 7) is 10.6. The molecule has 0 aromatic rings. The van der Waals surface area contributed by atoms with Crippen molar-refractivity contribution in [1.82, 2.24) is 4.90 Å². The quantitative estimate of drug-likeness (QED) is 0.574. The van der Waals surface area contributed by atoms with E-state index in [1.807, 2.05) is 0 Å². The van der Waals surface area contributed by atoms with Gasteiger partial charge >= 0.3 is 11.9 Å². The van der Waals surface area contributed by atoms with Gasteiger partial charge in [0, 0.05) is 31.7 Å². The highest BCUT2D eigenvalue weighted by molar-refractivity contribution is 5.66. The van der Waals surface area contributed by atoms with Crippen LogP contribution in [0, 0.1) is 34.5 Å². The van der Waals surface area contributed by atoms with E-state index in [9.17, 15) is 9.59 Å². The maximum absolute atomic E-state index is 12.0. The number of hydrogen-bond acceptors (Lipinski definition) is 5. The van der Waals surface area contributed by atoms with Crippen LogP contribution in [0.3, 0.4) is 0 Å². The maximum atomic E-state index is 12.0. The van der Waals surface area contributed by atoms with E-state index in [0.717, 1.165) is 31.1 Å². The Morgan fingerprint density at radius 1 is 0.844 bits per heavy atom. The van der Waals surface area contributed by atoms with Crippen molar-refractivity contribution in [2.45, 2.75) is 110 Å². The van der Waals surface area contributed by atoms with Gasteiger partial charge in [-0.3, -0.25) is 14.5 Å².